The van der Waals surface area contributed by atoms with Crippen molar-refractivity contribution >= 4 is 17.7 Å². The molecule has 0 aliphatic carbocycles. The third kappa shape index (κ3) is 5.04. The van der Waals surface area contributed by atoms with Crippen molar-refractivity contribution in [1.29, 1.82) is 0 Å². The highest BCUT2D eigenvalue weighted by molar-refractivity contribution is 6.01. The number of benzene rings is 2. The van der Waals surface area contributed by atoms with Crippen molar-refractivity contribution in [2.75, 3.05) is 5.32 Å². The molecule has 0 bridgehead atoms. The largest absolute Gasteiger partial charge is 0.457 e. The zero-order valence-electron chi connectivity index (χ0n) is 13.8. The summed E-state index contributed by atoms with van der Waals surface area (Å²) in [4.78, 5) is 15.9. The summed E-state index contributed by atoms with van der Waals surface area (Å²) in [5, 5.41) is 2.81. The molecule has 0 fully saturated rings. The molecule has 4 nitrogen and oxygen atoms in total. The Morgan fingerprint density at radius 1 is 1.00 bits per heavy atom. The van der Waals surface area contributed by atoms with E-state index in [-0.39, 0.29) is 5.91 Å². The smallest absolute Gasteiger partial charge is 0.248 e. The van der Waals surface area contributed by atoms with Gasteiger partial charge in [-0.05, 0) is 61.0 Å². The molecular weight excluding hydrogens is 312 g/mol. The van der Waals surface area contributed by atoms with Crippen LogP contribution in [0.1, 0.15) is 11.1 Å². The van der Waals surface area contributed by atoms with Crippen molar-refractivity contribution in [3.63, 3.8) is 0 Å². The Bertz CT molecular complexity index is 855. The maximum atomic E-state index is 11.9. The van der Waals surface area contributed by atoms with Gasteiger partial charge in [-0.25, -0.2) is 0 Å². The molecule has 1 amide bonds. The molecule has 3 rings (SSSR count). The van der Waals surface area contributed by atoms with E-state index in [0.717, 1.165) is 11.3 Å². The molecule has 0 radical (unpaired) electrons. The van der Waals surface area contributed by atoms with E-state index in [4.69, 9.17) is 4.74 Å². The number of carbonyl (C=O) groups excluding carboxylic acids is 1. The van der Waals surface area contributed by atoms with Gasteiger partial charge in [0.1, 0.15) is 11.5 Å². The summed E-state index contributed by atoms with van der Waals surface area (Å²) in [6.45, 7) is 2.03. The second kappa shape index (κ2) is 7.93. The second-order valence-corrected chi connectivity index (χ2v) is 5.55. The van der Waals surface area contributed by atoms with E-state index >= 15 is 0 Å². The number of amides is 1. The van der Waals surface area contributed by atoms with Crippen LogP contribution in [0.2, 0.25) is 0 Å². The summed E-state index contributed by atoms with van der Waals surface area (Å²) in [7, 11) is 0. The monoisotopic (exact) mass is 330 g/mol. The molecule has 124 valence electrons. The number of nitrogens with one attached hydrogen (secondary N) is 1. The van der Waals surface area contributed by atoms with Crippen LogP contribution in [0, 0.1) is 6.92 Å². The second-order valence-electron chi connectivity index (χ2n) is 5.55. The Morgan fingerprint density at radius 3 is 2.32 bits per heavy atom. The third-order valence-electron chi connectivity index (χ3n) is 3.49. The minimum atomic E-state index is -0.198. The molecule has 0 aliphatic rings. The van der Waals surface area contributed by atoms with E-state index in [1.807, 2.05) is 55.5 Å². The number of ether oxygens (including phenoxy) is 1. The first-order valence-electron chi connectivity index (χ1n) is 7.93. The minimum absolute atomic E-state index is 0.198. The predicted octanol–water partition coefficient (Wildman–Crippen LogP) is 4.83. The van der Waals surface area contributed by atoms with Gasteiger partial charge in [0.2, 0.25) is 5.91 Å². The van der Waals surface area contributed by atoms with Gasteiger partial charge < -0.3 is 10.1 Å². The normalized spacial score (nSPS) is 10.6. The fraction of sp³-hybridized carbons (Fsp3) is 0.0476. The van der Waals surface area contributed by atoms with E-state index in [1.165, 1.54) is 11.6 Å². The Kier molecular flexibility index (Phi) is 5.22. The molecule has 0 saturated carbocycles. The molecule has 0 atom stereocenters. The van der Waals surface area contributed by atoms with Gasteiger partial charge in [-0.3, -0.25) is 9.78 Å². The molecule has 2 aromatic carbocycles. The van der Waals surface area contributed by atoms with Crippen LogP contribution in [-0.4, -0.2) is 10.9 Å². The van der Waals surface area contributed by atoms with Crippen LogP contribution in [-0.2, 0) is 4.79 Å². The van der Waals surface area contributed by atoms with Crippen LogP contribution in [0.15, 0.2) is 79.1 Å². The van der Waals surface area contributed by atoms with Gasteiger partial charge >= 0.3 is 0 Å². The molecule has 0 saturated heterocycles. The van der Waals surface area contributed by atoms with Crippen LogP contribution in [0.4, 0.5) is 5.69 Å². The van der Waals surface area contributed by atoms with Crippen molar-refractivity contribution in [3.8, 4) is 11.5 Å². The number of anilines is 1. The number of rotatable bonds is 5. The van der Waals surface area contributed by atoms with E-state index in [9.17, 15) is 4.79 Å². The van der Waals surface area contributed by atoms with Gasteiger partial charge in [0.05, 0.1) is 0 Å². The molecule has 1 N–H and O–H groups in total. The van der Waals surface area contributed by atoms with Crippen LogP contribution in [0.3, 0.4) is 0 Å². The molecular formula is C21H18N2O2. The average molecular weight is 330 g/mol. The highest BCUT2D eigenvalue weighted by Crippen LogP contribution is 2.23. The number of hydrogen-bond donors (Lipinski definition) is 1. The zero-order valence-corrected chi connectivity index (χ0v) is 13.8. The van der Waals surface area contributed by atoms with Gasteiger partial charge in [0.15, 0.2) is 0 Å². The molecule has 4 heteroatoms. The van der Waals surface area contributed by atoms with E-state index in [0.29, 0.717) is 11.4 Å². The first kappa shape index (κ1) is 16.5. The van der Waals surface area contributed by atoms with Crippen molar-refractivity contribution in [2.45, 2.75) is 6.92 Å². The molecule has 1 aromatic heterocycles. The van der Waals surface area contributed by atoms with E-state index < -0.39 is 0 Å². The minimum Gasteiger partial charge on any atom is -0.457 e. The van der Waals surface area contributed by atoms with Gasteiger partial charge in [-0.1, -0.05) is 23.8 Å². The molecule has 1 heterocycles. The van der Waals surface area contributed by atoms with Crippen LogP contribution < -0.4 is 10.1 Å². The lowest BCUT2D eigenvalue weighted by Gasteiger charge is -2.07. The quantitative estimate of drug-likeness (QED) is 0.681. The number of nitrogens with zero attached hydrogens (tertiary/aromatic N) is 1. The summed E-state index contributed by atoms with van der Waals surface area (Å²) >= 11 is 0. The topological polar surface area (TPSA) is 51.2 Å². The number of aromatic nitrogens is 1. The number of aryl methyl sites for hydroxylation is 1. The summed E-state index contributed by atoms with van der Waals surface area (Å²) in [5.41, 5.74) is 2.77. The third-order valence-corrected chi connectivity index (χ3v) is 3.49. The van der Waals surface area contributed by atoms with Gasteiger partial charge in [0, 0.05) is 24.2 Å². The predicted molar refractivity (Wildman–Crippen MR) is 99.6 cm³/mol. The Labute approximate surface area is 146 Å². The van der Waals surface area contributed by atoms with Crippen molar-refractivity contribution < 1.29 is 9.53 Å². The molecule has 0 unspecified atom stereocenters. The summed E-state index contributed by atoms with van der Waals surface area (Å²) in [6, 6.07) is 18.8. The fourth-order valence-corrected chi connectivity index (χ4v) is 2.18. The number of pyridine rings is 1. The van der Waals surface area contributed by atoms with Crippen molar-refractivity contribution in [1.82, 2.24) is 4.98 Å². The molecule has 25 heavy (non-hydrogen) atoms. The number of hydrogen-bond acceptors (Lipinski definition) is 3. The maximum Gasteiger partial charge on any atom is 0.248 e. The number of carbonyl (C=O) groups is 1. The lowest BCUT2D eigenvalue weighted by atomic mass is 10.2. The van der Waals surface area contributed by atoms with Crippen molar-refractivity contribution in [3.05, 3.63) is 90.3 Å². The maximum absolute atomic E-state index is 11.9. The Balaban J connectivity index is 1.57. The van der Waals surface area contributed by atoms with E-state index in [2.05, 4.69) is 10.3 Å². The molecule has 0 spiro atoms. The molecule has 3 aromatic rings. The highest BCUT2D eigenvalue weighted by atomic mass is 16.5. The fourth-order valence-electron chi connectivity index (χ4n) is 2.18. The lowest BCUT2D eigenvalue weighted by Crippen LogP contribution is -2.07. The van der Waals surface area contributed by atoms with Gasteiger partial charge in [0.25, 0.3) is 0 Å². The average Bonchev–Trinajstić information content (AvgIpc) is 2.64. The standard InChI is InChI=1S/C21H18N2O2/c1-16-4-9-19(10-5-16)25-20-11-7-18(8-12-20)23-21(24)13-6-17-3-2-14-22-15-17/h2-15H,1H3,(H,23,24). The van der Waals surface area contributed by atoms with Crippen molar-refractivity contribution in [2.24, 2.45) is 0 Å². The van der Waals surface area contributed by atoms with Crippen LogP contribution in [0.25, 0.3) is 6.08 Å². The lowest BCUT2D eigenvalue weighted by molar-refractivity contribution is -0.111. The van der Waals surface area contributed by atoms with Crippen LogP contribution in [0.5, 0.6) is 11.5 Å². The first-order valence-corrected chi connectivity index (χ1v) is 7.93. The summed E-state index contributed by atoms with van der Waals surface area (Å²) in [6.07, 6.45) is 6.59. The summed E-state index contributed by atoms with van der Waals surface area (Å²) in [5.74, 6) is 1.30. The first-order chi connectivity index (χ1) is 12.2. The van der Waals surface area contributed by atoms with Crippen LogP contribution >= 0.6 is 0 Å². The van der Waals surface area contributed by atoms with Gasteiger partial charge in [-0.2, -0.15) is 0 Å². The highest BCUT2D eigenvalue weighted by Gasteiger charge is 2.00. The molecule has 0 aliphatic heterocycles. The Morgan fingerprint density at radius 2 is 1.68 bits per heavy atom. The SMILES string of the molecule is Cc1ccc(Oc2ccc(NC(=O)C=Cc3cccnc3)cc2)cc1. The van der Waals surface area contributed by atoms with Gasteiger partial charge in [-0.15, -0.1) is 0 Å². The zero-order chi connectivity index (χ0) is 17.5. The summed E-state index contributed by atoms with van der Waals surface area (Å²) < 4.78 is 5.77. The Hall–Kier alpha value is -3.40. The van der Waals surface area contributed by atoms with E-state index in [1.54, 1.807) is 30.6 Å².